The SMILES string of the molecule is CCN(CC(C)C)C(=O)Cn1cnc(N)n1. The molecule has 0 saturated carbocycles. The molecule has 0 atom stereocenters. The first kappa shape index (κ1) is 12.5. The van der Waals surface area contributed by atoms with Crippen molar-refractivity contribution < 1.29 is 4.79 Å². The summed E-state index contributed by atoms with van der Waals surface area (Å²) in [6.45, 7) is 7.81. The van der Waals surface area contributed by atoms with E-state index in [-0.39, 0.29) is 18.4 Å². The third-order valence-electron chi connectivity index (χ3n) is 2.17. The highest BCUT2D eigenvalue weighted by molar-refractivity contribution is 5.75. The maximum Gasteiger partial charge on any atom is 0.244 e. The lowest BCUT2D eigenvalue weighted by Crippen LogP contribution is -2.36. The van der Waals surface area contributed by atoms with E-state index < -0.39 is 0 Å². The summed E-state index contributed by atoms with van der Waals surface area (Å²) in [4.78, 5) is 17.5. The summed E-state index contributed by atoms with van der Waals surface area (Å²) in [5.41, 5.74) is 5.38. The first-order chi connectivity index (χ1) is 7.52. The smallest absolute Gasteiger partial charge is 0.244 e. The molecule has 16 heavy (non-hydrogen) atoms. The Morgan fingerprint density at radius 3 is 2.75 bits per heavy atom. The molecule has 1 rings (SSSR count). The largest absolute Gasteiger partial charge is 0.367 e. The van der Waals surface area contributed by atoms with E-state index in [9.17, 15) is 4.79 Å². The minimum absolute atomic E-state index is 0.0427. The van der Waals surface area contributed by atoms with E-state index in [4.69, 9.17) is 5.73 Å². The Balaban J connectivity index is 2.55. The van der Waals surface area contributed by atoms with Gasteiger partial charge in [0.2, 0.25) is 11.9 Å². The summed E-state index contributed by atoms with van der Waals surface area (Å²) in [5, 5.41) is 3.88. The van der Waals surface area contributed by atoms with Gasteiger partial charge < -0.3 is 10.6 Å². The molecule has 1 heterocycles. The third-order valence-corrected chi connectivity index (χ3v) is 2.17. The van der Waals surface area contributed by atoms with Crippen LogP contribution in [0.25, 0.3) is 0 Å². The fourth-order valence-corrected chi connectivity index (χ4v) is 1.47. The molecule has 90 valence electrons. The second-order valence-electron chi connectivity index (χ2n) is 4.13. The zero-order valence-electron chi connectivity index (χ0n) is 10.1. The van der Waals surface area contributed by atoms with Crippen LogP contribution in [-0.4, -0.2) is 38.7 Å². The Morgan fingerprint density at radius 2 is 2.31 bits per heavy atom. The molecule has 0 unspecified atom stereocenters. The molecule has 0 bridgehead atoms. The topological polar surface area (TPSA) is 77.0 Å². The Morgan fingerprint density at radius 1 is 1.62 bits per heavy atom. The number of hydrogen-bond acceptors (Lipinski definition) is 4. The van der Waals surface area contributed by atoms with Crippen molar-refractivity contribution >= 4 is 11.9 Å². The molecule has 0 aliphatic rings. The second kappa shape index (κ2) is 5.48. The number of amides is 1. The minimum atomic E-state index is 0.0427. The van der Waals surface area contributed by atoms with Crippen molar-refractivity contribution in [2.45, 2.75) is 27.3 Å². The van der Waals surface area contributed by atoms with Gasteiger partial charge in [0.25, 0.3) is 0 Å². The molecular formula is C10H19N5O. The lowest BCUT2D eigenvalue weighted by Gasteiger charge is -2.22. The average molecular weight is 225 g/mol. The van der Waals surface area contributed by atoms with Gasteiger partial charge in [0.05, 0.1) is 0 Å². The van der Waals surface area contributed by atoms with Gasteiger partial charge in [-0.05, 0) is 12.8 Å². The molecule has 1 aromatic rings. The summed E-state index contributed by atoms with van der Waals surface area (Å²) >= 11 is 0. The van der Waals surface area contributed by atoms with Crippen LogP contribution in [0.5, 0.6) is 0 Å². The first-order valence-electron chi connectivity index (χ1n) is 5.45. The van der Waals surface area contributed by atoms with Gasteiger partial charge in [0, 0.05) is 13.1 Å². The van der Waals surface area contributed by atoms with Crippen molar-refractivity contribution in [3.63, 3.8) is 0 Å². The zero-order chi connectivity index (χ0) is 12.1. The molecule has 0 saturated heterocycles. The van der Waals surface area contributed by atoms with Gasteiger partial charge in [-0.2, -0.15) is 0 Å². The number of aromatic nitrogens is 3. The maximum atomic E-state index is 11.9. The normalized spacial score (nSPS) is 10.8. The molecular weight excluding hydrogens is 206 g/mol. The van der Waals surface area contributed by atoms with E-state index >= 15 is 0 Å². The molecule has 0 fully saturated rings. The van der Waals surface area contributed by atoms with Crippen LogP contribution in [0.2, 0.25) is 0 Å². The number of carbonyl (C=O) groups is 1. The van der Waals surface area contributed by atoms with Crippen LogP contribution in [0, 0.1) is 5.92 Å². The van der Waals surface area contributed by atoms with Gasteiger partial charge in [-0.1, -0.05) is 13.8 Å². The molecule has 1 amide bonds. The Kier molecular flexibility index (Phi) is 4.28. The maximum absolute atomic E-state index is 11.9. The van der Waals surface area contributed by atoms with E-state index in [2.05, 4.69) is 23.9 Å². The highest BCUT2D eigenvalue weighted by atomic mass is 16.2. The summed E-state index contributed by atoms with van der Waals surface area (Å²) in [5.74, 6) is 0.700. The lowest BCUT2D eigenvalue weighted by molar-refractivity contribution is -0.132. The number of nitrogens with zero attached hydrogens (tertiary/aromatic N) is 4. The number of anilines is 1. The van der Waals surface area contributed by atoms with Crippen molar-refractivity contribution in [3.05, 3.63) is 6.33 Å². The van der Waals surface area contributed by atoms with Crippen molar-refractivity contribution in [3.8, 4) is 0 Å². The van der Waals surface area contributed by atoms with Crippen LogP contribution in [0.3, 0.4) is 0 Å². The molecule has 1 aromatic heterocycles. The molecule has 0 aliphatic heterocycles. The van der Waals surface area contributed by atoms with Crippen molar-refractivity contribution in [1.29, 1.82) is 0 Å². The van der Waals surface area contributed by atoms with E-state index in [1.54, 1.807) is 0 Å². The molecule has 0 radical (unpaired) electrons. The molecule has 2 N–H and O–H groups in total. The fourth-order valence-electron chi connectivity index (χ4n) is 1.47. The van der Waals surface area contributed by atoms with Gasteiger partial charge in [0.1, 0.15) is 12.9 Å². The van der Waals surface area contributed by atoms with E-state index in [0.29, 0.717) is 12.5 Å². The van der Waals surface area contributed by atoms with Crippen LogP contribution in [0.4, 0.5) is 5.95 Å². The first-order valence-corrected chi connectivity index (χ1v) is 5.45. The van der Waals surface area contributed by atoms with Crippen LogP contribution in [0.15, 0.2) is 6.33 Å². The lowest BCUT2D eigenvalue weighted by atomic mass is 10.2. The van der Waals surface area contributed by atoms with Gasteiger partial charge in [-0.25, -0.2) is 9.67 Å². The van der Waals surface area contributed by atoms with Crippen molar-refractivity contribution in [1.82, 2.24) is 19.7 Å². The third kappa shape index (κ3) is 3.52. The molecule has 0 aromatic carbocycles. The van der Waals surface area contributed by atoms with Crippen molar-refractivity contribution in [2.24, 2.45) is 5.92 Å². The number of nitrogen functional groups attached to an aromatic ring is 1. The number of carbonyl (C=O) groups excluding carboxylic acids is 1. The summed E-state index contributed by atoms with van der Waals surface area (Å²) in [6, 6.07) is 0. The Hall–Kier alpha value is -1.59. The highest BCUT2D eigenvalue weighted by Crippen LogP contribution is 2.00. The summed E-state index contributed by atoms with van der Waals surface area (Å²) in [6.07, 6.45) is 1.47. The number of likely N-dealkylation sites (N-methyl/N-ethyl adjacent to an activating group) is 1. The van der Waals surface area contributed by atoms with Gasteiger partial charge in [-0.15, -0.1) is 5.10 Å². The molecule has 6 heteroatoms. The highest BCUT2D eigenvalue weighted by Gasteiger charge is 2.13. The van der Waals surface area contributed by atoms with Gasteiger partial charge in [0.15, 0.2) is 0 Å². The Labute approximate surface area is 95.4 Å². The monoisotopic (exact) mass is 225 g/mol. The average Bonchev–Trinajstić information content (AvgIpc) is 2.60. The van der Waals surface area contributed by atoms with Crippen LogP contribution in [-0.2, 0) is 11.3 Å². The van der Waals surface area contributed by atoms with E-state index in [0.717, 1.165) is 6.54 Å². The molecule has 0 aliphatic carbocycles. The predicted octanol–water partition coefficient (Wildman–Crippen LogP) is 0.365. The fraction of sp³-hybridized carbons (Fsp3) is 0.700. The Bertz CT molecular complexity index is 347. The second-order valence-corrected chi connectivity index (χ2v) is 4.13. The summed E-state index contributed by atoms with van der Waals surface area (Å²) < 4.78 is 1.46. The quantitative estimate of drug-likeness (QED) is 0.785. The van der Waals surface area contributed by atoms with E-state index in [1.807, 2.05) is 11.8 Å². The number of hydrogen-bond donors (Lipinski definition) is 1. The van der Waals surface area contributed by atoms with Crippen molar-refractivity contribution in [2.75, 3.05) is 18.8 Å². The van der Waals surface area contributed by atoms with E-state index in [1.165, 1.54) is 11.0 Å². The van der Waals surface area contributed by atoms with Crippen LogP contribution in [0.1, 0.15) is 20.8 Å². The molecule has 6 nitrogen and oxygen atoms in total. The standard InChI is InChI=1S/C10H19N5O/c1-4-14(5-8(2)3)9(16)6-15-7-12-10(11)13-15/h7-8H,4-6H2,1-3H3,(H2,11,13). The molecule has 0 spiro atoms. The minimum Gasteiger partial charge on any atom is -0.367 e. The summed E-state index contributed by atoms with van der Waals surface area (Å²) in [7, 11) is 0. The zero-order valence-corrected chi connectivity index (χ0v) is 10.1. The van der Waals surface area contributed by atoms with Crippen LogP contribution < -0.4 is 5.73 Å². The van der Waals surface area contributed by atoms with Crippen LogP contribution >= 0.6 is 0 Å². The number of nitrogens with two attached hydrogens (primary N) is 1. The van der Waals surface area contributed by atoms with Gasteiger partial charge in [-0.3, -0.25) is 4.79 Å². The predicted molar refractivity (Wildman–Crippen MR) is 61.5 cm³/mol. The number of rotatable bonds is 5. The van der Waals surface area contributed by atoms with Gasteiger partial charge >= 0.3 is 0 Å².